The molecular weight excluding hydrogens is 402 g/mol. The molecule has 4 aromatic rings. The molecule has 2 aromatic carbocycles. The quantitative estimate of drug-likeness (QED) is 0.526. The summed E-state index contributed by atoms with van der Waals surface area (Å²) in [5.74, 6) is 0.557. The summed E-state index contributed by atoms with van der Waals surface area (Å²) in [5, 5.41) is 2.99. The Labute approximate surface area is 186 Å². The van der Waals surface area contributed by atoms with E-state index in [4.69, 9.17) is 4.74 Å². The fourth-order valence-corrected chi connectivity index (χ4v) is 3.96. The van der Waals surface area contributed by atoms with Crippen molar-refractivity contribution in [2.24, 2.45) is 0 Å². The van der Waals surface area contributed by atoms with Gasteiger partial charge in [-0.3, -0.25) is 14.2 Å². The maximum Gasteiger partial charge on any atom is 0.229 e. The summed E-state index contributed by atoms with van der Waals surface area (Å²) in [5.41, 5.74) is 5.82. The Bertz CT molecular complexity index is 1240. The molecule has 162 valence electrons. The van der Waals surface area contributed by atoms with Crippen molar-refractivity contribution in [1.82, 2.24) is 14.4 Å². The molecule has 1 N–H and O–H groups in total. The van der Waals surface area contributed by atoms with Crippen molar-refractivity contribution in [3.05, 3.63) is 78.2 Å². The number of nitrogens with one attached hydrogen (secondary N) is 1. The van der Waals surface area contributed by atoms with Gasteiger partial charge in [0.15, 0.2) is 5.65 Å². The zero-order valence-electron chi connectivity index (χ0n) is 18.0. The number of amides is 1. The van der Waals surface area contributed by atoms with Gasteiger partial charge in [0.05, 0.1) is 37.7 Å². The molecular formula is C25H25N5O2. The molecule has 1 aliphatic rings. The van der Waals surface area contributed by atoms with Gasteiger partial charge < -0.3 is 15.0 Å². The van der Waals surface area contributed by atoms with Crippen LogP contribution in [0, 0.1) is 6.92 Å². The van der Waals surface area contributed by atoms with Crippen LogP contribution in [0.4, 0.5) is 11.5 Å². The Kier molecular flexibility index (Phi) is 5.56. The van der Waals surface area contributed by atoms with E-state index in [1.807, 2.05) is 41.8 Å². The molecule has 1 saturated heterocycles. The van der Waals surface area contributed by atoms with Gasteiger partial charge in [-0.05, 0) is 30.2 Å². The maximum atomic E-state index is 12.6. The van der Waals surface area contributed by atoms with Gasteiger partial charge in [0.25, 0.3) is 0 Å². The van der Waals surface area contributed by atoms with Crippen molar-refractivity contribution < 1.29 is 9.53 Å². The molecule has 0 saturated carbocycles. The van der Waals surface area contributed by atoms with Gasteiger partial charge in [-0.1, -0.05) is 36.4 Å². The third kappa shape index (κ3) is 4.20. The van der Waals surface area contributed by atoms with Crippen LogP contribution in [0.25, 0.3) is 16.9 Å². The third-order valence-electron chi connectivity index (χ3n) is 5.82. The molecule has 0 spiro atoms. The molecule has 0 aliphatic carbocycles. The number of rotatable bonds is 5. The van der Waals surface area contributed by atoms with Crippen LogP contribution in [0.2, 0.25) is 0 Å². The van der Waals surface area contributed by atoms with Gasteiger partial charge >= 0.3 is 0 Å². The number of fused-ring (bicyclic) bond motifs is 1. The molecule has 1 aliphatic heterocycles. The number of hydrogen-bond donors (Lipinski definition) is 1. The molecule has 0 radical (unpaired) electrons. The minimum Gasteiger partial charge on any atom is -0.378 e. The molecule has 5 rings (SSSR count). The Morgan fingerprint density at radius 1 is 1.03 bits per heavy atom. The fraction of sp³-hybridized carbons (Fsp3) is 0.240. The number of anilines is 2. The summed E-state index contributed by atoms with van der Waals surface area (Å²) in [7, 11) is 0. The summed E-state index contributed by atoms with van der Waals surface area (Å²) in [4.78, 5) is 23.9. The van der Waals surface area contributed by atoms with Gasteiger partial charge in [-0.15, -0.1) is 0 Å². The average Bonchev–Trinajstić information content (AvgIpc) is 3.23. The van der Waals surface area contributed by atoms with Crippen LogP contribution in [0.1, 0.15) is 11.1 Å². The number of imidazole rings is 1. The predicted molar refractivity (Wildman–Crippen MR) is 125 cm³/mol. The lowest BCUT2D eigenvalue weighted by Gasteiger charge is -2.28. The molecule has 7 nitrogen and oxygen atoms in total. The lowest BCUT2D eigenvalue weighted by molar-refractivity contribution is -0.115. The summed E-state index contributed by atoms with van der Waals surface area (Å²) in [6, 6.07) is 16.3. The highest BCUT2D eigenvalue weighted by Crippen LogP contribution is 2.24. The number of aromatic nitrogens is 3. The summed E-state index contributed by atoms with van der Waals surface area (Å²) >= 11 is 0. The number of carbonyl (C=O) groups is 1. The van der Waals surface area contributed by atoms with Gasteiger partial charge in [0.1, 0.15) is 5.82 Å². The van der Waals surface area contributed by atoms with Gasteiger partial charge in [0.2, 0.25) is 5.91 Å². The molecule has 1 fully saturated rings. The summed E-state index contributed by atoms with van der Waals surface area (Å²) in [6.07, 6.45) is 5.62. The van der Waals surface area contributed by atoms with E-state index in [1.54, 1.807) is 12.4 Å². The number of aryl methyl sites for hydroxylation is 1. The minimum atomic E-state index is -0.0747. The zero-order chi connectivity index (χ0) is 21.9. The molecule has 0 atom stereocenters. The molecule has 2 aromatic heterocycles. The maximum absolute atomic E-state index is 12.6. The smallest absolute Gasteiger partial charge is 0.229 e. The number of nitrogens with zero attached hydrogens (tertiary/aromatic N) is 4. The number of benzene rings is 2. The molecule has 3 heterocycles. The van der Waals surface area contributed by atoms with Gasteiger partial charge in [-0.25, -0.2) is 4.98 Å². The van der Waals surface area contributed by atoms with Crippen LogP contribution < -0.4 is 10.2 Å². The number of ether oxygens (including phenoxy) is 1. The van der Waals surface area contributed by atoms with Crippen molar-refractivity contribution in [3.63, 3.8) is 0 Å². The van der Waals surface area contributed by atoms with E-state index in [2.05, 4.69) is 44.5 Å². The van der Waals surface area contributed by atoms with Crippen molar-refractivity contribution in [1.29, 1.82) is 0 Å². The molecule has 1 amide bonds. The Balaban J connectivity index is 1.35. The Morgan fingerprint density at radius 3 is 2.59 bits per heavy atom. The largest absolute Gasteiger partial charge is 0.378 e. The number of carbonyl (C=O) groups excluding carboxylic acids is 1. The molecule has 32 heavy (non-hydrogen) atoms. The first-order chi connectivity index (χ1) is 15.7. The molecule has 0 bridgehead atoms. The van der Waals surface area contributed by atoms with E-state index in [1.165, 1.54) is 5.69 Å². The second-order valence-corrected chi connectivity index (χ2v) is 7.94. The van der Waals surface area contributed by atoms with Gasteiger partial charge in [-0.2, -0.15) is 0 Å². The van der Waals surface area contributed by atoms with Crippen LogP contribution in [0.5, 0.6) is 0 Å². The minimum absolute atomic E-state index is 0.0747. The van der Waals surface area contributed by atoms with Crippen LogP contribution >= 0.6 is 0 Å². The second-order valence-electron chi connectivity index (χ2n) is 7.94. The SMILES string of the molecule is Cc1ccccc1CC(=O)Nc1cnc2cnc(-c3ccc(N4CCOCC4)cc3)cn12. The standard InChI is InChI=1S/C25H25N5O2/c1-18-4-2-3-5-20(18)14-25(31)28-24-16-27-23-15-26-22(17-30(23)24)19-6-8-21(9-7-19)29-10-12-32-13-11-29/h2-9,15-17H,10-14H2,1H3,(H,28,31). The van der Waals surface area contributed by atoms with Crippen molar-refractivity contribution >= 4 is 23.1 Å². The Morgan fingerprint density at radius 2 is 1.81 bits per heavy atom. The summed E-state index contributed by atoms with van der Waals surface area (Å²) < 4.78 is 7.30. The zero-order valence-corrected chi connectivity index (χ0v) is 18.0. The first kappa shape index (κ1) is 20.2. The van der Waals surface area contributed by atoms with Crippen molar-refractivity contribution in [2.45, 2.75) is 13.3 Å². The van der Waals surface area contributed by atoms with Crippen LogP contribution in [0.15, 0.2) is 67.1 Å². The topological polar surface area (TPSA) is 71.8 Å². The molecule has 7 heteroatoms. The second kappa shape index (κ2) is 8.80. The van der Waals surface area contributed by atoms with Crippen LogP contribution in [-0.2, 0) is 16.0 Å². The van der Waals surface area contributed by atoms with Crippen molar-refractivity contribution in [2.75, 3.05) is 36.5 Å². The van der Waals surface area contributed by atoms with Crippen molar-refractivity contribution in [3.8, 4) is 11.3 Å². The number of morpholine rings is 1. The highest BCUT2D eigenvalue weighted by atomic mass is 16.5. The van der Waals surface area contributed by atoms with E-state index < -0.39 is 0 Å². The van der Waals surface area contributed by atoms with Crippen LogP contribution in [-0.4, -0.2) is 46.6 Å². The third-order valence-corrected chi connectivity index (χ3v) is 5.82. The monoisotopic (exact) mass is 427 g/mol. The highest BCUT2D eigenvalue weighted by molar-refractivity contribution is 5.92. The summed E-state index contributed by atoms with van der Waals surface area (Å²) in [6.45, 7) is 5.35. The first-order valence-electron chi connectivity index (χ1n) is 10.8. The van der Waals surface area contributed by atoms with E-state index in [0.717, 1.165) is 48.7 Å². The lowest BCUT2D eigenvalue weighted by Crippen LogP contribution is -2.36. The number of hydrogen-bond acceptors (Lipinski definition) is 5. The Hall–Kier alpha value is -3.71. The normalized spacial score (nSPS) is 14.0. The van der Waals surface area contributed by atoms with Gasteiger partial charge in [0, 0.05) is 30.5 Å². The average molecular weight is 428 g/mol. The predicted octanol–water partition coefficient (Wildman–Crippen LogP) is 3.72. The fourth-order valence-electron chi connectivity index (χ4n) is 3.96. The molecule has 0 unspecified atom stereocenters. The lowest BCUT2D eigenvalue weighted by atomic mass is 10.1. The van der Waals surface area contributed by atoms with E-state index in [-0.39, 0.29) is 5.91 Å². The van der Waals surface area contributed by atoms with E-state index >= 15 is 0 Å². The van der Waals surface area contributed by atoms with Crippen LogP contribution in [0.3, 0.4) is 0 Å². The first-order valence-corrected chi connectivity index (χ1v) is 10.8. The van der Waals surface area contributed by atoms with E-state index in [9.17, 15) is 4.79 Å². The highest BCUT2D eigenvalue weighted by Gasteiger charge is 2.13. The van der Waals surface area contributed by atoms with E-state index in [0.29, 0.717) is 17.9 Å².